The highest BCUT2D eigenvalue weighted by molar-refractivity contribution is 5.83. The molecule has 0 spiro atoms. The first kappa shape index (κ1) is 17.0. The highest BCUT2D eigenvalue weighted by Crippen LogP contribution is 2.27. The minimum absolute atomic E-state index is 0.490. The Bertz CT molecular complexity index is 532. The smallest absolute Gasteiger partial charge is 0.435 e. The summed E-state index contributed by atoms with van der Waals surface area (Å²) in [6.07, 6.45) is -3.58. The van der Waals surface area contributed by atoms with Gasteiger partial charge in [0.1, 0.15) is 12.6 Å². The molecule has 1 heterocycles. The third-order valence-corrected chi connectivity index (χ3v) is 2.66. The van der Waals surface area contributed by atoms with Gasteiger partial charge in [0.05, 0.1) is 0 Å². The quantitative estimate of drug-likeness (QED) is 0.883. The molecule has 0 aliphatic rings. The number of aliphatic carboxylic acids is 1. The minimum Gasteiger partial charge on any atom is -0.480 e. The molecule has 0 fully saturated rings. The van der Waals surface area contributed by atoms with Crippen molar-refractivity contribution < 1.29 is 27.9 Å². The summed E-state index contributed by atoms with van der Waals surface area (Å²) in [6, 6.07) is -0.409. The Morgan fingerprint density at radius 2 is 1.95 bits per heavy atom. The van der Waals surface area contributed by atoms with Gasteiger partial charge in [0, 0.05) is 6.20 Å². The molecule has 1 aromatic rings. The van der Waals surface area contributed by atoms with Gasteiger partial charge in [-0.05, 0) is 11.5 Å². The van der Waals surface area contributed by atoms with Gasteiger partial charge in [-0.25, -0.2) is 4.79 Å². The van der Waals surface area contributed by atoms with E-state index in [9.17, 15) is 22.8 Å². The molecular weight excluding hydrogens is 291 g/mol. The van der Waals surface area contributed by atoms with Crippen molar-refractivity contribution in [3.63, 3.8) is 0 Å². The average molecular weight is 307 g/mol. The minimum atomic E-state index is -4.59. The van der Waals surface area contributed by atoms with Crippen molar-refractivity contribution in [1.82, 2.24) is 15.1 Å². The van der Waals surface area contributed by atoms with E-state index >= 15 is 0 Å². The largest absolute Gasteiger partial charge is 0.480 e. The van der Waals surface area contributed by atoms with Crippen LogP contribution in [0.3, 0.4) is 0 Å². The first-order valence-electron chi connectivity index (χ1n) is 6.04. The van der Waals surface area contributed by atoms with E-state index in [1.807, 2.05) is 0 Å². The second kappa shape index (κ2) is 5.74. The summed E-state index contributed by atoms with van der Waals surface area (Å²) in [6.45, 7) is 4.39. The summed E-state index contributed by atoms with van der Waals surface area (Å²) in [7, 11) is 0. The van der Waals surface area contributed by atoms with E-state index in [0.717, 1.165) is 16.9 Å². The number of halogens is 3. The second-order valence-electron chi connectivity index (χ2n) is 5.60. The van der Waals surface area contributed by atoms with Crippen LogP contribution in [0.4, 0.5) is 13.2 Å². The summed E-state index contributed by atoms with van der Waals surface area (Å²) in [5, 5.41) is 14.5. The molecule has 0 bridgehead atoms. The highest BCUT2D eigenvalue weighted by atomic mass is 19.4. The van der Waals surface area contributed by atoms with Gasteiger partial charge < -0.3 is 10.4 Å². The fourth-order valence-electron chi connectivity index (χ4n) is 1.60. The molecule has 1 rings (SSSR count). The lowest BCUT2D eigenvalue weighted by atomic mass is 9.87. The van der Waals surface area contributed by atoms with Crippen molar-refractivity contribution in [1.29, 1.82) is 0 Å². The van der Waals surface area contributed by atoms with Gasteiger partial charge in [0.25, 0.3) is 0 Å². The number of hydrogen-bond donors (Lipinski definition) is 2. The molecule has 0 saturated carbocycles. The van der Waals surface area contributed by atoms with Crippen LogP contribution in [0, 0.1) is 5.41 Å². The van der Waals surface area contributed by atoms with Crippen LogP contribution in [-0.2, 0) is 22.3 Å². The zero-order valence-corrected chi connectivity index (χ0v) is 11.7. The van der Waals surface area contributed by atoms with Crippen molar-refractivity contribution in [2.75, 3.05) is 0 Å². The molecule has 0 unspecified atom stereocenters. The van der Waals surface area contributed by atoms with E-state index < -0.39 is 41.7 Å². The van der Waals surface area contributed by atoms with E-state index in [1.165, 1.54) is 0 Å². The van der Waals surface area contributed by atoms with Crippen LogP contribution in [0.1, 0.15) is 26.5 Å². The second-order valence-corrected chi connectivity index (χ2v) is 5.60. The number of amides is 1. The Hall–Kier alpha value is -2.06. The molecule has 1 atom stereocenters. The fourth-order valence-corrected chi connectivity index (χ4v) is 1.60. The molecule has 1 amide bonds. The summed E-state index contributed by atoms with van der Waals surface area (Å²) in [5.74, 6) is -1.94. The Kier molecular flexibility index (Phi) is 4.65. The van der Waals surface area contributed by atoms with Crippen LogP contribution in [-0.4, -0.2) is 32.8 Å². The predicted octanol–water partition coefficient (Wildman–Crippen LogP) is 1.52. The maximum absolute atomic E-state index is 12.4. The van der Waals surface area contributed by atoms with Crippen LogP contribution < -0.4 is 5.32 Å². The summed E-state index contributed by atoms with van der Waals surface area (Å²) in [4.78, 5) is 22.8. The maximum Gasteiger partial charge on any atom is 0.435 e. The number of aromatic nitrogens is 2. The third kappa shape index (κ3) is 4.76. The lowest BCUT2D eigenvalue weighted by molar-refractivity contribution is -0.145. The summed E-state index contributed by atoms with van der Waals surface area (Å²) < 4.78 is 37.9. The van der Waals surface area contributed by atoms with Crippen molar-refractivity contribution >= 4 is 11.9 Å². The molecule has 1 aromatic heterocycles. The standard InChI is InChI=1S/C12H16F3N3O3/c1-11(2,3)9(10(20)21)16-8(19)6-18-5-4-7(17-18)12(13,14)15/h4-5,9H,6H2,1-3H3,(H,16,19)(H,20,21)/t9-/m1/s1. The Morgan fingerprint density at radius 1 is 1.38 bits per heavy atom. The molecule has 2 N–H and O–H groups in total. The predicted molar refractivity (Wildman–Crippen MR) is 66.3 cm³/mol. The third-order valence-electron chi connectivity index (χ3n) is 2.66. The fraction of sp³-hybridized carbons (Fsp3) is 0.583. The summed E-state index contributed by atoms with van der Waals surface area (Å²) in [5.41, 5.74) is -1.84. The maximum atomic E-state index is 12.4. The first-order chi connectivity index (χ1) is 9.41. The molecule has 6 nitrogen and oxygen atoms in total. The van der Waals surface area contributed by atoms with Gasteiger partial charge in [-0.15, -0.1) is 0 Å². The van der Waals surface area contributed by atoms with E-state index in [2.05, 4.69) is 10.4 Å². The summed E-state index contributed by atoms with van der Waals surface area (Å²) >= 11 is 0. The number of rotatable bonds is 4. The van der Waals surface area contributed by atoms with E-state index in [0.29, 0.717) is 0 Å². The van der Waals surface area contributed by atoms with Crippen LogP contribution in [0.2, 0.25) is 0 Å². The molecule has 0 aromatic carbocycles. The van der Waals surface area contributed by atoms with E-state index in [1.54, 1.807) is 20.8 Å². The molecule has 0 radical (unpaired) electrons. The lowest BCUT2D eigenvalue weighted by Gasteiger charge is -2.27. The zero-order chi connectivity index (χ0) is 16.4. The molecular formula is C12H16F3N3O3. The number of carboxylic acid groups (broad SMARTS) is 1. The number of carbonyl (C=O) groups excluding carboxylic acids is 1. The molecule has 21 heavy (non-hydrogen) atoms. The molecule has 118 valence electrons. The number of alkyl halides is 3. The molecule has 0 aliphatic carbocycles. The Labute approximate surface area is 118 Å². The number of nitrogens with one attached hydrogen (secondary N) is 1. The zero-order valence-electron chi connectivity index (χ0n) is 11.7. The van der Waals surface area contributed by atoms with Gasteiger partial charge in [-0.3, -0.25) is 9.48 Å². The van der Waals surface area contributed by atoms with Crippen LogP contribution in [0.25, 0.3) is 0 Å². The monoisotopic (exact) mass is 307 g/mol. The van der Waals surface area contributed by atoms with Gasteiger partial charge in [0.2, 0.25) is 5.91 Å². The van der Waals surface area contributed by atoms with Crippen LogP contribution in [0.15, 0.2) is 12.3 Å². The van der Waals surface area contributed by atoms with Crippen molar-refractivity contribution in [3.8, 4) is 0 Å². The van der Waals surface area contributed by atoms with Crippen molar-refractivity contribution in [2.45, 2.75) is 39.5 Å². The molecule has 9 heteroatoms. The van der Waals surface area contributed by atoms with Gasteiger partial charge in [-0.2, -0.15) is 18.3 Å². The Balaban J connectivity index is 2.73. The number of nitrogens with zero attached hydrogens (tertiary/aromatic N) is 2. The highest BCUT2D eigenvalue weighted by Gasteiger charge is 2.34. The molecule has 0 aliphatic heterocycles. The Morgan fingerprint density at radius 3 is 2.33 bits per heavy atom. The van der Waals surface area contributed by atoms with Crippen LogP contribution in [0.5, 0.6) is 0 Å². The van der Waals surface area contributed by atoms with E-state index in [4.69, 9.17) is 5.11 Å². The van der Waals surface area contributed by atoms with Crippen molar-refractivity contribution in [2.24, 2.45) is 5.41 Å². The van der Waals surface area contributed by atoms with Crippen molar-refractivity contribution in [3.05, 3.63) is 18.0 Å². The number of carboxylic acids is 1. The first-order valence-corrected chi connectivity index (χ1v) is 6.04. The topological polar surface area (TPSA) is 84.2 Å². The number of carbonyl (C=O) groups is 2. The molecule has 0 saturated heterocycles. The van der Waals surface area contributed by atoms with Crippen LogP contribution >= 0.6 is 0 Å². The van der Waals surface area contributed by atoms with Gasteiger partial charge in [-0.1, -0.05) is 20.8 Å². The number of hydrogen-bond acceptors (Lipinski definition) is 3. The SMILES string of the molecule is CC(C)(C)[C@H](NC(=O)Cn1ccc(C(F)(F)F)n1)C(=O)O. The lowest BCUT2D eigenvalue weighted by Crippen LogP contribution is -2.50. The normalized spacial score (nSPS) is 13.8. The van der Waals surface area contributed by atoms with Gasteiger partial charge in [0.15, 0.2) is 5.69 Å². The average Bonchev–Trinajstić information content (AvgIpc) is 2.72. The van der Waals surface area contributed by atoms with Gasteiger partial charge >= 0.3 is 12.1 Å². The van der Waals surface area contributed by atoms with E-state index in [-0.39, 0.29) is 0 Å².